The average Bonchev–Trinajstić information content (AvgIpc) is 2.23. The summed E-state index contributed by atoms with van der Waals surface area (Å²) < 4.78 is 0. The van der Waals surface area contributed by atoms with Crippen LogP contribution in [0.15, 0.2) is 0 Å². The van der Waals surface area contributed by atoms with Crippen LogP contribution in [0.4, 0.5) is 0 Å². The molecule has 2 unspecified atom stereocenters. The number of carboxylic acids is 1. The van der Waals surface area contributed by atoms with Gasteiger partial charge in [-0.3, -0.25) is 14.9 Å². The Hall–Kier alpha value is -1.10. The second-order valence-corrected chi connectivity index (χ2v) is 5.19. The zero-order valence-electron chi connectivity index (χ0n) is 10.8. The van der Waals surface area contributed by atoms with Crippen LogP contribution >= 0.6 is 0 Å². The van der Waals surface area contributed by atoms with Crippen molar-refractivity contribution in [2.24, 2.45) is 11.8 Å². The number of carboxylic acid groups (broad SMARTS) is 1. The van der Waals surface area contributed by atoms with Crippen LogP contribution in [0.25, 0.3) is 0 Å². The summed E-state index contributed by atoms with van der Waals surface area (Å²) in [4.78, 5) is 24.3. The first-order valence-corrected chi connectivity index (χ1v) is 6.14. The van der Waals surface area contributed by atoms with Gasteiger partial charge in [0.15, 0.2) is 0 Å². The van der Waals surface area contributed by atoms with Crippen molar-refractivity contribution in [1.82, 2.24) is 10.2 Å². The van der Waals surface area contributed by atoms with Crippen LogP contribution in [0.2, 0.25) is 0 Å². The third-order valence-electron chi connectivity index (χ3n) is 3.15. The molecular weight excluding hydrogens is 220 g/mol. The van der Waals surface area contributed by atoms with E-state index in [4.69, 9.17) is 5.11 Å². The lowest BCUT2D eigenvalue weighted by molar-refractivity contribution is -0.139. The first-order chi connectivity index (χ1) is 7.90. The van der Waals surface area contributed by atoms with Crippen molar-refractivity contribution in [3.63, 3.8) is 0 Å². The number of likely N-dealkylation sites (tertiary alicyclic amines) is 1. The Balaban J connectivity index is 2.39. The van der Waals surface area contributed by atoms with Crippen molar-refractivity contribution >= 4 is 11.9 Å². The van der Waals surface area contributed by atoms with Crippen molar-refractivity contribution in [2.75, 3.05) is 19.6 Å². The summed E-state index contributed by atoms with van der Waals surface area (Å²) in [6, 6.07) is -0.682. The standard InChI is InChI=1S/C12H22N2O3/c1-8-4-9(2)7-14(6-8)11(15)5-13-10(3)12(16)17/h8-10,13H,4-7H2,1-3H3,(H,16,17)/t8?,9?,10-/m1/s1. The van der Waals surface area contributed by atoms with E-state index in [-0.39, 0.29) is 12.5 Å². The molecule has 0 aromatic rings. The first-order valence-electron chi connectivity index (χ1n) is 6.14. The molecule has 0 spiro atoms. The number of nitrogens with zero attached hydrogens (tertiary/aromatic N) is 1. The molecular formula is C12H22N2O3. The number of aliphatic carboxylic acids is 1. The number of piperidine rings is 1. The molecule has 0 aromatic carbocycles. The minimum absolute atomic E-state index is 0.00324. The van der Waals surface area contributed by atoms with Crippen LogP contribution in [-0.4, -0.2) is 47.6 Å². The molecule has 0 aromatic heterocycles. The fourth-order valence-corrected chi connectivity index (χ4v) is 2.31. The summed E-state index contributed by atoms with van der Waals surface area (Å²) in [6.07, 6.45) is 1.16. The van der Waals surface area contributed by atoms with Gasteiger partial charge in [-0.05, 0) is 25.2 Å². The molecule has 5 heteroatoms. The topological polar surface area (TPSA) is 69.6 Å². The van der Waals surface area contributed by atoms with Gasteiger partial charge in [0.05, 0.1) is 6.54 Å². The number of rotatable bonds is 4. The maximum absolute atomic E-state index is 11.9. The van der Waals surface area contributed by atoms with Crippen LogP contribution in [0.3, 0.4) is 0 Å². The lowest BCUT2D eigenvalue weighted by Gasteiger charge is -2.35. The summed E-state index contributed by atoms with van der Waals surface area (Å²) in [6.45, 7) is 7.50. The highest BCUT2D eigenvalue weighted by Crippen LogP contribution is 2.20. The molecule has 1 rings (SSSR count). The van der Waals surface area contributed by atoms with Gasteiger partial charge in [0, 0.05) is 13.1 Å². The lowest BCUT2D eigenvalue weighted by Crippen LogP contribution is -2.48. The smallest absolute Gasteiger partial charge is 0.320 e. The molecule has 1 fully saturated rings. The van der Waals surface area contributed by atoms with Gasteiger partial charge in [0.25, 0.3) is 0 Å². The van der Waals surface area contributed by atoms with Gasteiger partial charge in [-0.1, -0.05) is 13.8 Å². The molecule has 2 N–H and O–H groups in total. The van der Waals surface area contributed by atoms with Gasteiger partial charge in [-0.2, -0.15) is 0 Å². The average molecular weight is 242 g/mol. The quantitative estimate of drug-likeness (QED) is 0.755. The minimum atomic E-state index is -0.932. The van der Waals surface area contributed by atoms with E-state index in [9.17, 15) is 9.59 Å². The summed E-state index contributed by atoms with van der Waals surface area (Å²) in [5.74, 6) is 0.119. The predicted molar refractivity (Wildman–Crippen MR) is 64.6 cm³/mol. The van der Waals surface area contributed by atoms with Gasteiger partial charge in [0.2, 0.25) is 5.91 Å². The maximum atomic E-state index is 11.9. The number of carbonyl (C=O) groups excluding carboxylic acids is 1. The van der Waals surface area contributed by atoms with Gasteiger partial charge in [-0.15, -0.1) is 0 Å². The molecule has 1 heterocycles. The van der Waals surface area contributed by atoms with E-state index in [1.165, 1.54) is 6.92 Å². The molecule has 3 atom stereocenters. The number of nitrogens with one attached hydrogen (secondary N) is 1. The lowest BCUT2D eigenvalue weighted by atomic mass is 9.92. The molecule has 5 nitrogen and oxygen atoms in total. The van der Waals surface area contributed by atoms with Crippen LogP contribution < -0.4 is 5.32 Å². The molecule has 0 saturated carbocycles. The van der Waals surface area contributed by atoms with Crippen molar-refractivity contribution < 1.29 is 14.7 Å². The van der Waals surface area contributed by atoms with E-state index in [0.29, 0.717) is 11.8 Å². The monoisotopic (exact) mass is 242 g/mol. The molecule has 1 amide bonds. The van der Waals surface area contributed by atoms with Crippen LogP contribution in [0.1, 0.15) is 27.2 Å². The van der Waals surface area contributed by atoms with E-state index in [1.54, 1.807) is 0 Å². The van der Waals surface area contributed by atoms with E-state index in [2.05, 4.69) is 19.2 Å². The molecule has 98 valence electrons. The van der Waals surface area contributed by atoms with Crippen molar-refractivity contribution in [3.05, 3.63) is 0 Å². The molecule has 1 aliphatic rings. The molecule has 0 radical (unpaired) electrons. The summed E-state index contributed by atoms with van der Waals surface area (Å²) >= 11 is 0. The Morgan fingerprint density at radius 3 is 2.35 bits per heavy atom. The highest BCUT2D eigenvalue weighted by atomic mass is 16.4. The minimum Gasteiger partial charge on any atom is -0.480 e. The Bertz CT molecular complexity index is 283. The van der Waals surface area contributed by atoms with Gasteiger partial charge in [-0.25, -0.2) is 0 Å². The number of carbonyl (C=O) groups is 2. The van der Waals surface area contributed by atoms with E-state index in [0.717, 1.165) is 19.5 Å². The molecule has 1 saturated heterocycles. The zero-order chi connectivity index (χ0) is 13.0. The second-order valence-electron chi connectivity index (χ2n) is 5.19. The third kappa shape index (κ3) is 4.34. The second kappa shape index (κ2) is 6.00. The Kier molecular flexibility index (Phi) is 4.93. The number of hydrogen-bond donors (Lipinski definition) is 2. The SMILES string of the molecule is CC1CC(C)CN(C(=O)CN[C@H](C)C(=O)O)C1. The first kappa shape index (κ1) is 14.0. The van der Waals surface area contributed by atoms with Gasteiger partial charge >= 0.3 is 5.97 Å². The van der Waals surface area contributed by atoms with Crippen LogP contribution in [0.5, 0.6) is 0 Å². The molecule has 0 bridgehead atoms. The van der Waals surface area contributed by atoms with Gasteiger partial charge < -0.3 is 10.0 Å². The van der Waals surface area contributed by atoms with Gasteiger partial charge in [0.1, 0.15) is 6.04 Å². The molecule has 0 aliphatic carbocycles. The van der Waals surface area contributed by atoms with Crippen molar-refractivity contribution in [1.29, 1.82) is 0 Å². The van der Waals surface area contributed by atoms with Crippen LogP contribution in [-0.2, 0) is 9.59 Å². The fourth-order valence-electron chi connectivity index (χ4n) is 2.31. The Morgan fingerprint density at radius 2 is 1.88 bits per heavy atom. The number of hydrogen-bond acceptors (Lipinski definition) is 3. The number of amides is 1. The normalized spacial score (nSPS) is 26.6. The molecule has 1 aliphatic heterocycles. The Morgan fingerprint density at radius 1 is 1.35 bits per heavy atom. The van der Waals surface area contributed by atoms with E-state index >= 15 is 0 Å². The largest absolute Gasteiger partial charge is 0.480 e. The highest BCUT2D eigenvalue weighted by molar-refractivity contribution is 5.80. The third-order valence-corrected chi connectivity index (χ3v) is 3.15. The maximum Gasteiger partial charge on any atom is 0.320 e. The summed E-state index contributed by atoms with van der Waals surface area (Å²) in [5, 5.41) is 11.4. The fraction of sp³-hybridized carbons (Fsp3) is 0.833. The van der Waals surface area contributed by atoms with Crippen molar-refractivity contribution in [3.8, 4) is 0 Å². The summed E-state index contributed by atoms with van der Waals surface area (Å²) in [7, 11) is 0. The molecule has 17 heavy (non-hydrogen) atoms. The highest BCUT2D eigenvalue weighted by Gasteiger charge is 2.25. The zero-order valence-corrected chi connectivity index (χ0v) is 10.8. The Labute approximate surface area is 102 Å². The van der Waals surface area contributed by atoms with E-state index in [1.807, 2.05) is 4.90 Å². The predicted octanol–water partition coefficient (Wildman–Crippen LogP) is 0.554. The summed E-state index contributed by atoms with van der Waals surface area (Å²) in [5.41, 5.74) is 0. The van der Waals surface area contributed by atoms with Crippen LogP contribution in [0, 0.1) is 11.8 Å². The van der Waals surface area contributed by atoms with E-state index < -0.39 is 12.0 Å². The van der Waals surface area contributed by atoms with Crippen molar-refractivity contribution in [2.45, 2.75) is 33.2 Å².